The summed E-state index contributed by atoms with van der Waals surface area (Å²) in [7, 11) is 0. The molecule has 0 spiro atoms. The fraction of sp³-hybridized carbons (Fsp3) is 0.562. The third-order valence-electron chi connectivity index (χ3n) is 4.59. The lowest BCUT2D eigenvalue weighted by atomic mass is 9.85. The third kappa shape index (κ3) is 2.28. The number of rotatable bonds is 2. The number of nitrogens with zero attached hydrogens (tertiary/aromatic N) is 2. The van der Waals surface area contributed by atoms with Gasteiger partial charge in [0.05, 0.1) is 11.6 Å². The van der Waals surface area contributed by atoms with Gasteiger partial charge in [-0.1, -0.05) is 25.0 Å². The topological polar surface area (TPSA) is 27.0 Å². The molecule has 0 aromatic heterocycles. The van der Waals surface area contributed by atoms with E-state index < -0.39 is 0 Å². The summed E-state index contributed by atoms with van der Waals surface area (Å²) in [6.45, 7) is 2.32. The summed E-state index contributed by atoms with van der Waals surface area (Å²) >= 11 is 0. The summed E-state index contributed by atoms with van der Waals surface area (Å²) in [6, 6.07) is 11.1. The molecule has 1 heterocycles. The van der Waals surface area contributed by atoms with Gasteiger partial charge in [0, 0.05) is 12.6 Å². The van der Waals surface area contributed by atoms with Crippen molar-refractivity contribution in [3.63, 3.8) is 0 Å². The van der Waals surface area contributed by atoms with E-state index >= 15 is 0 Å². The molecule has 1 aromatic rings. The Morgan fingerprint density at radius 3 is 2.67 bits per heavy atom. The van der Waals surface area contributed by atoms with Crippen LogP contribution in [0.3, 0.4) is 0 Å². The first-order valence-corrected chi connectivity index (χ1v) is 7.10. The van der Waals surface area contributed by atoms with Gasteiger partial charge in [-0.2, -0.15) is 5.26 Å². The van der Waals surface area contributed by atoms with E-state index in [0.717, 1.165) is 24.1 Å². The Bertz CT molecular complexity index is 443. The minimum absolute atomic E-state index is 0.760. The van der Waals surface area contributed by atoms with E-state index in [-0.39, 0.29) is 0 Å². The highest BCUT2D eigenvalue weighted by atomic mass is 15.2. The highest BCUT2D eigenvalue weighted by molar-refractivity contribution is 5.31. The molecule has 1 aliphatic carbocycles. The fourth-order valence-electron chi connectivity index (χ4n) is 3.62. The normalized spacial score (nSPS) is 27.7. The number of likely N-dealkylation sites (tertiary alicyclic amines) is 1. The molecule has 2 fully saturated rings. The lowest BCUT2D eigenvalue weighted by Crippen LogP contribution is -2.34. The maximum atomic E-state index is 8.81. The standard InChI is InChI=1S/C16H20N2/c17-11-13-5-7-14(8-6-13)12-18-10-9-15-3-1-2-4-16(15)18/h5-8,15-16H,1-4,9-10,12H2. The molecule has 2 aliphatic rings. The van der Waals surface area contributed by atoms with Crippen LogP contribution in [0.15, 0.2) is 24.3 Å². The lowest BCUT2D eigenvalue weighted by Gasteiger charge is -2.31. The molecule has 2 atom stereocenters. The summed E-state index contributed by atoms with van der Waals surface area (Å²) in [6.07, 6.45) is 7.06. The van der Waals surface area contributed by atoms with Crippen LogP contribution in [0.1, 0.15) is 43.2 Å². The summed E-state index contributed by atoms with van der Waals surface area (Å²) in [4.78, 5) is 2.66. The van der Waals surface area contributed by atoms with Crippen LogP contribution in [-0.4, -0.2) is 17.5 Å². The highest BCUT2D eigenvalue weighted by Crippen LogP contribution is 2.36. The zero-order valence-corrected chi connectivity index (χ0v) is 10.8. The molecular weight excluding hydrogens is 220 g/mol. The van der Waals surface area contributed by atoms with Crippen molar-refractivity contribution in [3.8, 4) is 6.07 Å². The van der Waals surface area contributed by atoms with Crippen molar-refractivity contribution in [2.75, 3.05) is 6.54 Å². The van der Waals surface area contributed by atoms with E-state index in [9.17, 15) is 0 Å². The van der Waals surface area contributed by atoms with Crippen LogP contribution in [0, 0.1) is 17.2 Å². The van der Waals surface area contributed by atoms with Crippen LogP contribution < -0.4 is 0 Å². The lowest BCUT2D eigenvalue weighted by molar-refractivity contribution is 0.176. The van der Waals surface area contributed by atoms with Crippen molar-refractivity contribution < 1.29 is 0 Å². The monoisotopic (exact) mass is 240 g/mol. The first kappa shape index (κ1) is 11.7. The van der Waals surface area contributed by atoms with E-state index in [1.165, 1.54) is 44.2 Å². The van der Waals surface area contributed by atoms with E-state index in [2.05, 4.69) is 23.1 Å². The van der Waals surface area contributed by atoms with Crippen molar-refractivity contribution in [3.05, 3.63) is 35.4 Å². The Hall–Kier alpha value is -1.33. The number of hydrogen-bond acceptors (Lipinski definition) is 2. The van der Waals surface area contributed by atoms with E-state index in [1.54, 1.807) is 0 Å². The molecule has 1 saturated heterocycles. The number of benzene rings is 1. The van der Waals surface area contributed by atoms with E-state index in [4.69, 9.17) is 5.26 Å². The summed E-state index contributed by atoms with van der Waals surface area (Å²) in [5.74, 6) is 0.956. The van der Waals surface area contributed by atoms with Crippen LogP contribution in [0.5, 0.6) is 0 Å². The van der Waals surface area contributed by atoms with Crippen molar-refractivity contribution in [1.29, 1.82) is 5.26 Å². The van der Waals surface area contributed by atoms with Gasteiger partial charge in [0.1, 0.15) is 0 Å². The molecular formula is C16H20N2. The smallest absolute Gasteiger partial charge is 0.0991 e. The molecule has 1 aromatic carbocycles. The quantitative estimate of drug-likeness (QED) is 0.793. The minimum atomic E-state index is 0.760. The first-order chi connectivity index (χ1) is 8.86. The predicted octanol–water partition coefficient (Wildman–Crippen LogP) is 3.32. The van der Waals surface area contributed by atoms with Gasteiger partial charge in [-0.15, -0.1) is 0 Å². The molecule has 1 aliphatic heterocycles. The summed E-state index contributed by atoms with van der Waals surface area (Å²) in [5, 5.41) is 8.81. The van der Waals surface area contributed by atoms with Gasteiger partial charge in [-0.25, -0.2) is 0 Å². The number of fused-ring (bicyclic) bond motifs is 1. The predicted molar refractivity (Wildman–Crippen MR) is 71.9 cm³/mol. The minimum Gasteiger partial charge on any atom is -0.296 e. The van der Waals surface area contributed by atoms with E-state index in [0.29, 0.717) is 0 Å². The SMILES string of the molecule is N#Cc1ccc(CN2CCC3CCCCC32)cc1. The van der Waals surface area contributed by atoms with Crippen LogP contribution in [0.25, 0.3) is 0 Å². The Morgan fingerprint density at radius 1 is 1.11 bits per heavy atom. The Balaban J connectivity index is 1.67. The highest BCUT2D eigenvalue weighted by Gasteiger charge is 2.35. The van der Waals surface area contributed by atoms with Gasteiger partial charge in [0.25, 0.3) is 0 Å². The second kappa shape index (κ2) is 5.12. The van der Waals surface area contributed by atoms with Crippen molar-refractivity contribution in [1.82, 2.24) is 4.90 Å². The first-order valence-electron chi connectivity index (χ1n) is 7.10. The molecule has 3 rings (SSSR count). The maximum Gasteiger partial charge on any atom is 0.0991 e. The average Bonchev–Trinajstić information content (AvgIpc) is 2.83. The third-order valence-corrected chi connectivity index (χ3v) is 4.59. The summed E-state index contributed by atoms with van der Waals surface area (Å²) < 4.78 is 0. The van der Waals surface area contributed by atoms with Gasteiger partial charge < -0.3 is 0 Å². The van der Waals surface area contributed by atoms with Crippen LogP contribution in [0.2, 0.25) is 0 Å². The Morgan fingerprint density at radius 2 is 1.89 bits per heavy atom. The maximum absolute atomic E-state index is 8.81. The molecule has 0 N–H and O–H groups in total. The number of hydrogen-bond donors (Lipinski definition) is 0. The largest absolute Gasteiger partial charge is 0.296 e. The summed E-state index contributed by atoms with van der Waals surface area (Å²) in [5.41, 5.74) is 2.11. The van der Waals surface area contributed by atoms with Crippen LogP contribution in [0.4, 0.5) is 0 Å². The molecule has 94 valence electrons. The van der Waals surface area contributed by atoms with Gasteiger partial charge in [-0.3, -0.25) is 4.90 Å². The second-order valence-electron chi connectivity index (χ2n) is 5.68. The van der Waals surface area contributed by atoms with Gasteiger partial charge >= 0.3 is 0 Å². The Kier molecular flexibility index (Phi) is 3.34. The van der Waals surface area contributed by atoms with Crippen LogP contribution in [-0.2, 0) is 6.54 Å². The number of nitriles is 1. The molecule has 0 bridgehead atoms. The molecule has 0 radical (unpaired) electrons. The van der Waals surface area contributed by atoms with Crippen molar-refractivity contribution in [2.45, 2.75) is 44.7 Å². The Labute approximate surface area is 109 Å². The molecule has 2 heteroatoms. The molecule has 18 heavy (non-hydrogen) atoms. The van der Waals surface area contributed by atoms with E-state index in [1.807, 2.05) is 12.1 Å². The van der Waals surface area contributed by atoms with Crippen molar-refractivity contribution in [2.24, 2.45) is 5.92 Å². The van der Waals surface area contributed by atoms with Gasteiger partial charge in [0.2, 0.25) is 0 Å². The van der Waals surface area contributed by atoms with Crippen LogP contribution >= 0.6 is 0 Å². The molecule has 0 amide bonds. The molecule has 2 unspecified atom stereocenters. The molecule has 1 saturated carbocycles. The zero-order valence-electron chi connectivity index (χ0n) is 10.8. The average molecular weight is 240 g/mol. The zero-order chi connectivity index (χ0) is 12.4. The van der Waals surface area contributed by atoms with Gasteiger partial charge in [-0.05, 0) is 49.4 Å². The fourth-order valence-corrected chi connectivity index (χ4v) is 3.62. The second-order valence-corrected chi connectivity index (χ2v) is 5.68. The van der Waals surface area contributed by atoms with Crippen molar-refractivity contribution >= 4 is 0 Å². The molecule has 2 nitrogen and oxygen atoms in total. The van der Waals surface area contributed by atoms with Gasteiger partial charge in [0.15, 0.2) is 0 Å².